The largest absolute Gasteiger partial charge is 0.494 e. The van der Waals surface area contributed by atoms with Crippen LogP contribution < -0.4 is 21.1 Å². The van der Waals surface area contributed by atoms with Gasteiger partial charge < -0.3 is 25.8 Å². The van der Waals surface area contributed by atoms with Crippen LogP contribution in [0.5, 0.6) is 5.75 Å². The Kier molecular flexibility index (Phi) is 6.32. The van der Waals surface area contributed by atoms with Gasteiger partial charge in [0.15, 0.2) is 11.5 Å². The molecule has 0 unspecified atom stereocenters. The van der Waals surface area contributed by atoms with Gasteiger partial charge in [0.1, 0.15) is 5.75 Å². The molecule has 11 nitrogen and oxygen atoms in total. The van der Waals surface area contributed by atoms with E-state index < -0.39 is 5.91 Å². The van der Waals surface area contributed by atoms with Crippen LogP contribution in [0.3, 0.4) is 0 Å². The van der Waals surface area contributed by atoms with Gasteiger partial charge in [-0.25, -0.2) is 0 Å². The van der Waals surface area contributed by atoms with Gasteiger partial charge in [0.2, 0.25) is 5.91 Å². The first-order valence-electron chi connectivity index (χ1n) is 11.6. The molecule has 11 heteroatoms. The summed E-state index contributed by atoms with van der Waals surface area (Å²) in [6, 6.07) is 7.37. The summed E-state index contributed by atoms with van der Waals surface area (Å²) < 4.78 is 13.3. The summed E-state index contributed by atoms with van der Waals surface area (Å²) in [5.41, 5.74) is 8.08. The van der Waals surface area contributed by atoms with E-state index in [2.05, 4.69) is 25.9 Å². The maximum atomic E-state index is 12.2. The van der Waals surface area contributed by atoms with Crippen molar-refractivity contribution in [3.8, 4) is 16.9 Å². The van der Waals surface area contributed by atoms with E-state index in [-0.39, 0.29) is 29.4 Å². The summed E-state index contributed by atoms with van der Waals surface area (Å²) in [5, 5.41) is 18.3. The normalized spacial score (nSPS) is 17.6. The minimum atomic E-state index is -0.744. The predicted octanol–water partition coefficient (Wildman–Crippen LogP) is 2.89. The summed E-state index contributed by atoms with van der Waals surface area (Å²) >= 11 is 0. The monoisotopic (exact) mass is 477 g/mol. The fourth-order valence-electron chi connectivity index (χ4n) is 4.14. The van der Waals surface area contributed by atoms with Gasteiger partial charge >= 0.3 is 0 Å². The summed E-state index contributed by atoms with van der Waals surface area (Å²) in [5.74, 6) is -0.0617. The molecule has 1 atom stereocenters. The van der Waals surface area contributed by atoms with Crippen molar-refractivity contribution < 1.29 is 19.1 Å². The van der Waals surface area contributed by atoms with Crippen LogP contribution in [0.15, 0.2) is 36.7 Å². The maximum Gasteiger partial charge on any atom is 0.271 e. The molecule has 2 amide bonds. The Labute approximate surface area is 202 Å². The van der Waals surface area contributed by atoms with Crippen LogP contribution in [0.25, 0.3) is 11.1 Å². The van der Waals surface area contributed by atoms with Crippen LogP contribution >= 0.6 is 0 Å². The highest BCUT2D eigenvalue weighted by Crippen LogP contribution is 2.39. The van der Waals surface area contributed by atoms with Crippen molar-refractivity contribution in [2.45, 2.75) is 31.7 Å². The minimum absolute atomic E-state index is 0.00175. The third kappa shape index (κ3) is 4.94. The number of methoxy groups -OCH3 is 1. The van der Waals surface area contributed by atoms with Gasteiger partial charge in [-0.15, -0.1) is 10.2 Å². The zero-order valence-electron chi connectivity index (χ0n) is 19.4. The number of hydrogen-bond acceptors (Lipinski definition) is 8. The number of nitrogens with two attached hydrogens (primary N) is 1. The number of nitrogens with one attached hydrogen (secondary N) is 2. The molecule has 35 heavy (non-hydrogen) atoms. The quantitative estimate of drug-likeness (QED) is 0.449. The number of amides is 2. The van der Waals surface area contributed by atoms with Gasteiger partial charge in [-0.3, -0.25) is 14.3 Å². The highest BCUT2D eigenvalue weighted by Gasteiger charge is 2.30. The van der Waals surface area contributed by atoms with Crippen molar-refractivity contribution >= 4 is 29.0 Å². The van der Waals surface area contributed by atoms with Crippen molar-refractivity contribution in [1.82, 2.24) is 20.0 Å². The number of benzene rings is 1. The molecule has 2 fully saturated rings. The molecule has 2 aliphatic rings. The van der Waals surface area contributed by atoms with Gasteiger partial charge in [-0.1, -0.05) is 12.1 Å². The van der Waals surface area contributed by atoms with Crippen molar-refractivity contribution in [3.05, 3.63) is 42.4 Å². The first-order valence-corrected chi connectivity index (χ1v) is 11.6. The molecule has 1 saturated carbocycles. The van der Waals surface area contributed by atoms with E-state index in [1.54, 1.807) is 19.4 Å². The number of carbonyl (C=O) groups excluding carboxylic acids is 2. The molecule has 0 bridgehead atoms. The smallest absolute Gasteiger partial charge is 0.271 e. The molecule has 0 radical (unpaired) electrons. The standard InChI is InChI=1S/C24H27N7O4/c1-34-22-17(15-11-26-31(12-15)16-4-3-9-35-13-16)5-2-6-18(22)27-19-10-20(28-24(33)14-7-8-14)29-30-21(19)23(25)32/h2,5-6,10-12,14,16H,3-4,7-9,13H2,1H3,(H2,25,32)(H2,27,28,29,33)/t16-/m0/s1. The number of primary amides is 1. The van der Waals surface area contributed by atoms with E-state index in [9.17, 15) is 9.59 Å². The molecule has 3 heterocycles. The molecule has 2 aromatic heterocycles. The number of ether oxygens (including phenoxy) is 2. The van der Waals surface area contributed by atoms with E-state index in [4.69, 9.17) is 15.2 Å². The lowest BCUT2D eigenvalue weighted by Gasteiger charge is -2.22. The Hall–Kier alpha value is -3.99. The molecule has 5 rings (SSSR count). The summed E-state index contributed by atoms with van der Waals surface area (Å²) in [4.78, 5) is 24.2. The Bertz CT molecular complexity index is 1250. The first kappa shape index (κ1) is 22.8. The van der Waals surface area contributed by atoms with E-state index in [1.807, 2.05) is 29.1 Å². The van der Waals surface area contributed by atoms with E-state index in [0.29, 0.717) is 23.7 Å². The Morgan fingerprint density at radius 1 is 1.20 bits per heavy atom. The second-order valence-electron chi connectivity index (χ2n) is 8.71. The van der Waals surface area contributed by atoms with Crippen molar-refractivity contribution in [2.75, 3.05) is 31.0 Å². The predicted molar refractivity (Wildman–Crippen MR) is 128 cm³/mol. The van der Waals surface area contributed by atoms with Crippen LogP contribution in [0, 0.1) is 5.92 Å². The molecule has 0 spiro atoms. The lowest BCUT2D eigenvalue weighted by Crippen LogP contribution is -2.21. The van der Waals surface area contributed by atoms with Crippen LogP contribution in [-0.2, 0) is 9.53 Å². The third-order valence-electron chi connectivity index (χ3n) is 6.14. The molecule has 182 valence electrons. The zero-order chi connectivity index (χ0) is 24.4. The zero-order valence-corrected chi connectivity index (χ0v) is 19.4. The first-order chi connectivity index (χ1) is 17.0. The van der Waals surface area contributed by atoms with Gasteiger partial charge in [0.25, 0.3) is 5.91 Å². The molecule has 1 saturated heterocycles. The number of aromatic nitrogens is 4. The van der Waals surface area contributed by atoms with E-state index >= 15 is 0 Å². The van der Waals surface area contributed by atoms with Crippen molar-refractivity contribution in [2.24, 2.45) is 11.7 Å². The Morgan fingerprint density at radius 3 is 2.77 bits per heavy atom. The number of rotatable bonds is 8. The summed E-state index contributed by atoms with van der Waals surface area (Å²) in [6.07, 6.45) is 7.52. The number of para-hydroxylation sites is 1. The Morgan fingerprint density at radius 2 is 2.06 bits per heavy atom. The fraction of sp³-hybridized carbons (Fsp3) is 0.375. The average Bonchev–Trinajstić information content (AvgIpc) is 3.61. The van der Waals surface area contributed by atoms with Crippen molar-refractivity contribution in [3.63, 3.8) is 0 Å². The topological polar surface area (TPSA) is 146 Å². The second-order valence-corrected chi connectivity index (χ2v) is 8.71. The maximum absolute atomic E-state index is 12.2. The van der Waals surface area contributed by atoms with Crippen molar-refractivity contribution in [1.29, 1.82) is 0 Å². The molecule has 1 aliphatic carbocycles. The molecule has 4 N–H and O–H groups in total. The van der Waals surface area contributed by atoms with Crippen LogP contribution in [0.4, 0.5) is 17.2 Å². The highest BCUT2D eigenvalue weighted by molar-refractivity contribution is 5.99. The van der Waals surface area contributed by atoms with Gasteiger partial charge in [0, 0.05) is 35.9 Å². The third-order valence-corrected chi connectivity index (χ3v) is 6.14. The van der Waals surface area contributed by atoms with Crippen LogP contribution in [0.1, 0.15) is 42.2 Å². The highest BCUT2D eigenvalue weighted by atomic mass is 16.5. The number of hydrogen-bond donors (Lipinski definition) is 3. The number of nitrogens with zero attached hydrogens (tertiary/aromatic N) is 4. The molecule has 1 aliphatic heterocycles. The Balaban J connectivity index is 1.45. The SMILES string of the molecule is COc1c(Nc2cc(NC(=O)C3CC3)nnc2C(N)=O)cccc1-c1cnn([C@H]2CCCOC2)c1. The molecule has 1 aromatic carbocycles. The number of carbonyl (C=O) groups is 2. The second kappa shape index (κ2) is 9.71. The van der Waals surface area contributed by atoms with E-state index in [0.717, 1.165) is 43.4 Å². The van der Waals surface area contributed by atoms with Gasteiger partial charge in [-0.05, 0) is 31.7 Å². The lowest BCUT2D eigenvalue weighted by molar-refractivity contribution is -0.117. The van der Waals surface area contributed by atoms with Gasteiger partial charge in [0.05, 0.1) is 37.3 Å². The van der Waals surface area contributed by atoms with E-state index in [1.165, 1.54) is 0 Å². The van der Waals surface area contributed by atoms with Crippen LogP contribution in [0.2, 0.25) is 0 Å². The molecular formula is C24H27N7O4. The number of anilines is 3. The lowest BCUT2D eigenvalue weighted by atomic mass is 10.1. The summed E-state index contributed by atoms with van der Waals surface area (Å²) in [6.45, 7) is 1.43. The molecular weight excluding hydrogens is 450 g/mol. The van der Waals surface area contributed by atoms with Crippen LogP contribution in [-0.4, -0.2) is 52.1 Å². The average molecular weight is 478 g/mol. The molecule has 3 aromatic rings. The minimum Gasteiger partial charge on any atom is -0.494 e. The fourth-order valence-corrected chi connectivity index (χ4v) is 4.14. The van der Waals surface area contributed by atoms with Gasteiger partial charge in [-0.2, -0.15) is 5.10 Å². The summed E-state index contributed by atoms with van der Waals surface area (Å²) in [7, 11) is 1.57.